The number of carbonyl (C=O) groups excluding carboxylic acids is 1. The molecule has 0 fully saturated rings. The van der Waals surface area contributed by atoms with Crippen LogP contribution in [0.15, 0.2) is 85.5 Å². The minimum Gasteiger partial charge on any atom is -0.494 e. The number of esters is 1. The molecule has 0 aliphatic rings. The van der Waals surface area contributed by atoms with Crippen molar-refractivity contribution < 1.29 is 36.6 Å². The topological polar surface area (TPSA) is 44.8 Å². The standard InChI is InChI=1S/C34H30F4O4/c1-3-5-7-21-41-29-19-18-28(32(37)33(29)38)34(39)42-25-14-10-23(11-15-25)27-17-16-26(30(35)31(27)36)22-8-12-24(13-9-22)40-20-6-4-2/h3,8-19H,1,4-7,20-21H2,2H3. The molecule has 0 amide bonds. The third-order valence-corrected chi connectivity index (χ3v) is 6.47. The van der Waals surface area contributed by atoms with Gasteiger partial charge in [-0.2, -0.15) is 4.39 Å². The second-order valence-corrected chi connectivity index (χ2v) is 9.45. The van der Waals surface area contributed by atoms with E-state index in [0.717, 1.165) is 25.0 Å². The molecule has 0 N–H and O–H groups in total. The summed E-state index contributed by atoms with van der Waals surface area (Å²) in [6.45, 7) is 6.38. The molecular formula is C34H30F4O4. The molecule has 0 atom stereocenters. The van der Waals surface area contributed by atoms with Crippen molar-refractivity contribution in [2.75, 3.05) is 13.2 Å². The van der Waals surface area contributed by atoms with Crippen molar-refractivity contribution in [1.82, 2.24) is 0 Å². The third kappa shape index (κ3) is 7.18. The van der Waals surface area contributed by atoms with Crippen LogP contribution in [0.25, 0.3) is 22.3 Å². The smallest absolute Gasteiger partial charge is 0.346 e. The van der Waals surface area contributed by atoms with E-state index >= 15 is 8.78 Å². The summed E-state index contributed by atoms with van der Waals surface area (Å²) >= 11 is 0. The summed E-state index contributed by atoms with van der Waals surface area (Å²) in [5.41, 5.74) is 0.320. The zero-order valence-corrected chi connectivity index (χ0v) is 23.1. The Labute approximate surface area is 242 Å². The molecule has 4 aromatic carbocycles. The van der Waals surface area contributed by atoms with Gasteiger partial charge in [0.15, 0.2) is 23.2 Å². The third-order valence-electron chi connectivity index (χ3n) is 6.47. The van der Waals surface area contributed by atoms with E-state index in [1.165, 1.54) is 36.4 Å². The second-order valence-electron chi connectivity index (χ2n) is 9.45. The first kappa shape index (κ1) is 30.4. The van der Waals surface area contributed by atoms with E-state index in [9.17, 15) is 13.6 Å². The molecule has 0 saturated heterocycles. The van der Waals surface area contributed by atoms with Crippen molar-refractivity contribution in [1.29, 1.82) is 0 Å². The number of carbonyl (C=O) groups is 1. The summed E-state index contributed by atoms with van der Waals surface area (Å²) in [6.07, 6.45) is 4.85. The number of unbranched alkanes of at least 4 members (excludes halogenated alkanes) is 2. The van der Waals surface area contributed by atoms with Gasteiger partial charge in [-0.3, -0.25) is 0 Å². The van der Waals surface area contributed by atoms with Crippen molar-refractivity contribution in [2.45, 2.75) is 32.6 Å². The lowest BCUT2D eigenvalue weighted by molar-refractivity contribution is 0.0728. The van der Waals surface area contributed by atoms with Crippen LogP contribution in [0.2, 0.25) is 0 Å². The van der Waals surface area contributed by atoms with Crippen molar-refractivity contribution in [3.8, 4) is 39.5 Å². The second kappa shape index (κ2) is 14.3. The molecule has 42 heavy (non-hydrogen) atoms. The number of hydrogen-bond donors (Lipinski definition) is 0. The highest BCUT2D eigenvalue weighted by Crippen LogP contribution is 2.33. The fourth-order valence-electron chi connectivity index (χ4n) is 4.14. The normalized spacial score (nSPS) is 10.8. The van der Waals surface area contributed by atoms with Crippen molar-refractivity contribution >= 4 is 5.97 Å². The van der Waals surface area contributed by atoms with Gasteiger partial charge >= 0.3 is 5.97 Å². The minimum absolute atomic E-state index is 0.00504. The number of hydrogen-bond acceptors (Lipinski definition) is 4. The first-order valence-corrected chi connectivity index (χ1v) is 13.6. The van der Waals surface area contributed by atoms with Crippen LogP contribution in [0.5, 0.6) is 17.2 Å². The van der Waals surface area contributed by atoms with Crippen LogP contribution in [0.3, 0.4) is 0 Å². The van der Waals surface area contributed by atoms with Crippen molar-refractivity contribution in [2.24, 2.45) is 0 Å². The summed E-state index contributed by atoms with van der Waals surface area (Å²) in [7, 11) is 0. The predicted octanol–water partition coefficient (Wildman–Crippen LogP) is 9.32. The van der Waals surface area contributed by atoms with E-state index in [-0.39, 0.29) is 29.2 Å². The summed E-state index contributed by atoms with van der Waals surface area (Å²) in [5.74, 6) is -5.51. The van der Waals surface area contributed by atoms with Gasteiger partial charge in [0.1, 0.15) is 11.5 Å². The van der Waals surface area contributed by atoms with Gasteiger partial charge in [-0.25, -0.2) is 18.0 Å². The zero-order chi connectivity index (χ0) is 30.1. The average molecular weight is 579 g/mol. The zero-order valence-electron chi connectivity index (χ0n) is 23.1. The van der Waals surface area contributed by atoms with Gasteiger partial charge in [-0.15, -0.1) is 6.58 Å². The van der Waals surface area contributed by atoms with Gasteiger partial charge in [-0.1, -0.05) is 55.8 Å². The van der Waals surface area contributed by atoms with Gasteiger partial charge in [0.25, 0.3) is 0 Å². The predicted molar refractivity (Wildman–Crippen MR) is 154 cm³/mol. The lowest BCUT2D eigenvalue weighted by Gasteiger charge is -2.12. The van der Waals surface area contributed by atoms with E-state index in [4.69, 9.17) is 14.2 Å². The van der Waals surface area contributed by atoms with E-state index in [1.54, 1.807) is 30.3 Å². The van der Waals surface area contributed by atoms with Gasteiger partial charge < -0.3 is 14.2 Å². The monoisotopic (exact) mass is 578 g/mol. The van der Waals surface area contributed by atoms with E-state index in [2.05, 4.69) is 13.5 Å². The number of allylic oxidation sites excluding steroid dienone is 1. The fourth-order valence-corrected chi connectivity index (χ4v) is 4.14. The molecule has 0 bridgehead atoms. The van der Waals surface area contributed by atoms with Crippen LogP contribution < -0.4 is 14.2 Å². The number of halogens is 4. The highest BCUT2D eigenvalue weighted by atomic mass is 19.2. The Morgan fingerprint density at radius 1 is 0.690 bits per heavy atom. The number of rotatable bonds is 13. The van der Waals surface area contributed by atoms with Crippen LogP contribution in [0.1, 0.15) is 43.0 Å². The quantitative estimate of drug-likeness (QED) is 0.0521. The van der Waals surface area contributed by atoms with Crippen LogP contribution in [0, 0.1) is 23.3 Å². The molecule has 8 heteroatoms. The molecule has 218 valence electrons. The van der Waals surface area contributed by atoms with Crippen LogP contribution in [-0.4, -0.2) is 19.2 Å². The molecule has 0 unspecified atom stereocenters. The maximum atomic E-state index is 15.1. The van der Waals surface area contributed by atoms with Crippen LogP contribution in [0.4, 0.5) is 17.6 Å². The summed E-state index contributed by atoms with van der Waals surface area (Å²) in [5, 5.41) is 0. The van der Waals surface area contributed by atoms with Gasteiger partial charge in [0.05, 0.1) is 18.8 Å². The largest absolute Gasteiger partial charge is 0.494 e. The summed E-state index contributed by atoms with van der Waals surface area (Å²) < 4.78 is 75.1. The molecule has 4 aromatic rings. The van der Waals surface area contributed by atoms with E-state index < -0.39 is 34.8 Å². The maximum Gasteiger partial charge on any atom is 0.346 e. The molecule has 4 nitrogen and oxygen atoms in total. The first-order chi connectivity index (χ1) is 20.3. The molecule has 0 radical (unpaired) electrons. The molecule has 0 aliphatic heterocycles. The summed E-state index contributed by atoms with van der Waals surface area (Å²) in [6, 6.07) is 17.5. The molecule has 4 rings (SSSR count). The number of benzene rings is 4. The Kier molecular flexibility index (Phi) is 10.4. The van der Waals surface area contributed by atoms with Crippen molar-refractivity contribution in [3.63, 3.8) is 0 Å². The highest BCUT2D eigenvalue weighted by Gasteiger charge is 2.22. The first-order valence-electron chi connectivity index (χ1n) is 13.6. The SMILES string of the molecule is C=CCCCOc1ccc(C(=O)Oc2ccc(-c3ccc(-c4ccc(OCCCC)cc4)c(F)c3F)cc2)c(F)c1F. The van der Waals surface area contributed by atoms with Crippen molar-refractivity contribution in [3.05, 3.63) is 114 Å². The molecule has 0 aliphatic carbocycles. The Morgan fingerprint density at radius 2 is 1.26 bits per heavy atom. The average Bonchev–Trinajstić information content (AvgIpc) is 3.00. The Hall–Kier alpha value is -4.59. The number of ether oxygens (including phenoxy) is 3. The highest BCUT2D eigenvalue weighted by molar-refractivity contribution is 5.91. The van der Waals surface area contributed by atoms with Gasteiger partial charge in [0.2, 0.25) is 5.82 Å². The molecule has 0 heterocycles. The molecule has 0 saturated carbocycles. The fraction of sp³-hybridized carbons (Fsp3) is 0.206. The Morgan fingerprint density at radius 3 is 1.83 bits per heavy atom. The Bertz CT molecular complexity index is 1530. The minimum atomic E-state index is -1.39. The van der Waals surface area contributed by atoms with Gasteiger partial charge in [-0.05, 0) is 66.8 Å². The lowest BCUT2D eigenvalue weighted by Crippen LogP contribution is -2.12. The van der Waals surface area contributed by atoms with Gasteiger partial charge in [0, 0.05) is 11.1 Å². The maximum absolute atomic E-state index is 15.1. The lowest BCUT2D eigenvalue weighted by atomic mass is 9.98. The molecular weight excluding hydrogens is 548 g/mol. The summed E-state index contributed by atoms with van der Waals surface area (Å²) in [4.78, 5) is 12.5. The van der Waals surface area contributed by atoms with E-state index in [0.29, 0.717) is 36.3 Å². The Balaban J connectivity index is 1.44. The molecule has 0 spiro atoms. The molecule has 0 aromatic heterocycles. The van der Waals surface area contributed by atoms with E-state index in [1.807, 2.05) is 0 Å². The van der Waals surface area contributed by atoms with Crippen LogP contribution in [-0.2, 0) is 0 Å². The van der Waals surface area contributed by atoms with Crippen LogP contribution >= 0.6 is 0 Å².